The number of hydrogen-bond acceptors (Lipinski definition) is 4. The molecule has 2 aromatic carbocycles. The van der Waals surface area contributed by atoms with Crippen LogP contribution in [0.5, 0.6) is 5.75 Å². The minimum absolute atomic E-state index is 0.162. The van der Waals surface area contributed by atoms with Gasteiger partial charge < -0.3 is 4.74 Å². The topological polar surface area (TPSA) is 60.4 Å². The van der Waals surface area contributed by atoms with Crippen molar-refractivity contribution in [2.75, 3.05) is 0 Å². The average molecular weight is 356 g/mol. The number of alkyl halides is 3. The number of benzene rings is 2. The molecule has 0 aromatic heterocycles. The molecule has 2 aromatic rings. The molecule has 0 bridgehead atoms. The average Bonchev–Trinajstić information content (AvgIpc) is 2.54. The van der Waals surface area contributed by atoms with Crippen molar-refractivity contribution >= 4 is 15.6 Å². The van der Waals surface area contributed by atoms with E-state index in [0.29, 0.717) is 5.56 Å². The standard InChI is InChI=1S/C16H11F3O4S/c17-16(18,19)24(21,22)14-8-4-7-12-15(14)11(20)9-13(23-12)10-5-2-1-3-6-10/h1-8,13H,9H2/t13-/m1/s1. The Kier molecular flexibility index (Phi) is 3.87. The lowest BCUT2D eigenvalue weighted by atomic mass is 9.96. The zero-order chi connectivity index (χ0) is 17.5. The molecule has 1 aliphatic rings. The molecule has 1 heterocycles. The van der Waals surface area contributed by atoms with Crippen molar-refractivity contribution < 1.29 is 31.1 Å². The highest BCUT2D eigenvalue weighted by molar-refractivity contribution is 7.92. The fourth-order valence-corrected chi connectivity index (χ4v) is 3.54. The summed E-state index contributed by atoms with van der Waals surface area (Å²) < 4.78 is 67.4. The van der Waals surface area contributed by atoms with Gasteiger partial charge in [0, 0.05) is 0 Å². The molecule has 0 aliphatic carbocycles. The Labute approximate surface area is 135 Å². The fraction of sp³-hybridized carbons (Fsp3) is 0.188. The van der Waals surface area contributed by atoms with E-state index in [1.165, 1.54) is 6.07 Å². The maximum Gasteiger partial charge on any atom is 0.501 e. The highest BCUT2D eigenvalue weighted by Gasteiger charge is 2.49. The van der Waals surface area contributed by atoms with Crippen LogP contribution in [0.4, 0.5) is 13.2 Å². The first-order chi connectivity index (χ1) is 11.2. The minimum Gasteiger partial charge on any atom is -0.484 e. The van der Waals surface area contributed by atoms with Gasteiger partial charge in [-0.25, -0.2) is 8.42 Å². The van der Waals surface area contributed by atoms with Crippen molar-refractivity contribution in [1.29, 1.82) is 0 Å². The minimum atomic E-state index is -5.63. The first kappa shape index (κ1) is 16.5. The maximum absolute atomic E-state index is 12.8. The second-order valence-corrected chi connectivity index (χ2v) is 7.13. The van der Waals surface area contributed by atoms with Crippen LogP contribution in [0, 0.1) is 0 Å². The molecule has 4 nitrogen and oxygen atoms in total. The number of carbonyl (C=O) groups excluding carboxylic acids is 1. The van der Waals surface area contributed by atoms with Gasteiger partial charge in [-0.1, -0.05) is 36.4 Å². The molecule has 24 heavy (non-hydrogen) atoms. The summed E-state index contributed by atoms with van der Waals surface area (Å²) in [5.41, 5.74) is -5.35. The first-order valence-corrected chi connectivity index (χ1v) is 8.39. The van der Waals surface area contributed by atoms with Crippen molar-refractivity contribution in [3.8, 4) is 5.75 Å². The van der Waals surface area contributed by atoms with Gasteiger partial charge in [-0.3, -0.25) is 4.79 Å². The van der Waals surface area contributed by atoms with Crippen LogP contribution in [0.2, 0.25) is 0 Å². The number of ether oxygens (including phenoxy) is 1. The van der Waals surface area contributed by atoms with Crippen LogP contribution in [-0.4, -0.2) is 19.7 Å². The maximum atomic E-state index is 12.8. The number of rotatable bonds is 2. The Morgan fingerprint density at radius 1 is 1.00 bits per heavy atom. The van der Waals surface area contributed by atoms with Gasteiger partial charge in [0.05, 0.1) is 16.9 Å². The van der Waals surface area contributed by atoms with Gasteiger partial charge in [-0.2, -0.15) is 13.2 Å². The van der Waals surface area contributed by atoms with Crippen LogP contribution in [0.25, 0.3) is 0 Å². The van der Waals surface area contributed by atoms with Gasteiger partial charge in [0.2, 0.25) is 0 Å². The lowest BCUT2D eigenvalue weighted by molar-refractivity contribution is -0.0436. The third-order valence-electron chi connectivity index (χ3n) is 3.67. The number of fused-ring (bicyclic) bond motifs is 1. The Morgan fingerprint density at radius 3 is 2.29 bits per heavy atom. The number of ketones is 1. The number of sulfone groups is 1. The summed E-state index contributed by atoms with van der Waals surface area (Å²) >= 11 is 0. The van der Waals surface area contributed by atoms with Crippen LogP contribution in [0.1, 0.15) is 28.4 Å². The molecule has 0 radical (unpaired) electrons. The Morgan fingerprint density at radius 2 is 1.67 bits per heavy atom. The van der Waals surface area contributed by atoms with E-state index in [4.69, 9.17) is 4.74 Å². The smallest absolute Gasteiger partial charge is 0.484 e. The van der Waals surface area contributed by atoms with Crippen LogP contribution < -0.4 is 4.74 Å². The van der Waals surface area contributed by atoms with Crippen LogP contribution >= 0.6 is 0 Å². The quantitative estimate of drug-likeness (QED) is 0.823. The highest BCUT2D eigenvalue weighted by Crippen LogP contribution is 2.41. The monoisotopic (exact) mass is 356 g/mol. The van der Waals surface area contributed by atoms with Crippen molar-refractivity contribution in [2.45, 2.75) is 22.9 Å². The van der Waals surface area contributed by atoms with Crippen LogP contribution in [-0.2, 0) is 9.84 Å². The predicted octanol–water partition coefficient (Wildman–Crippen LogP) is 3.69. The molecule has 3 rings (SSSR count). The summed E-state index contributed by atoms with van der Waals surface area (Å²) in [5.74, 6) is -0.862. The van der Waals surface area contributed by atoms with Crippen molar-refractivity contribution in [3.05, 3.63) is 59.7 Å². The number of Topliss-reactive ketones (excluding diaryl/α,β-unsaturated/α-hetero) is 1. The van der Waals surface area contributed by atoms with E-state index in [1.807, 2.05) is 0 Å². The Bertz CT molecular complexity index is 889. The summed E-state index contributed by atoms with van der Waals surface area (Å²) in [6.07, 6.45) is -0.906. The van der Waals surface area contributed by atoms with Gasteiger partial charge in [-0.15, -0.1) is 0 Å². The van der Waals surface area contributed by atoms with Crippen molar-refractivity contribution in [1.82, 2.24) is 0 Å². The van der Waals surface area contributed by atoms with E-state index in [0.717, 1.165) is 12.1 Å². The summed E-state index contributed by atoms with van der Waals surface area (Å²) in [7, 11) is -5.63. The van der Waals surface area contributed by atoms with Gasteiger partial charge in [0.1, 0.15) is 11.9 Å². The summed E-state index contributed by atoms with van der Waals surface area (Å²) in [6.45, 7) is 0. The lowest BCUT2D eigenvalue weighted by Gasteiger charge is -2.27. The van der Waals surface area contributed by atoms with Crippen molar-refractivity contribution in [3.63, 3.8) is 0 Å². The van der Waals surface area contributed by atoms with E-state index in [1.54, 1.807) is 30.3 Å². The predicted molar refractivity (Wildman–Crippen MR) is 78.4 cm³/mol. The van der Waals surface area contributed by atoms with Gasteiger partial charge in [-0.05, 0) is 17.7 Å². The number of hydrogen-bond donors (Lipinski definition) is 0. The molecule has 0 unspecified atom stereocenters. The van der Waals surface area contributed by atoms with E-state index in [-0.39, 0.29) is 12.2 Å². The molecule has 0 saturated carbocycles. The summed E-state index contributed by atoms with van der Waals surface area (Å²) in [5, 5.41) is 0. The van der Waals surface area contributed by atoms with Crippen LogP contribution in [0.15, 0.2) is 53.4 Å². The molecular weight excluding hydrogens is 345 g/mol. The second-order valence-electron chi connectivity index (χ2n) is 5.22. The molecule has 0 N–H and O–H groups in total. The molecule has 1 aliphatic heterocycles. The van der Waals surface area contributed by atoms with E-state index in [2.05, 4.69) is 0 Å². The molecule has 0 amide bonds. The van der Waals surface area contributed by atoms with Gasteiger partial charge in [0.25, 0.3) is 9.84 Å². The Hall–Kier alpha value is -2.35. The normalized spacial score (nSPS) is 18.0. The summed E-state index contributed by atoms with van der Waals surface area (Å²) in [6, 6.07) is 11.9. The Balaban J connectivity index is 2.09. The largest absolute Gasteiger partial charge is 0.501 e. The second kappa shape index (κ2) is 5.62. The van der Waals surface area contributed by atoms with Gasteiger partial charge in [0.15, 0.2) is 5.78 Å². The van der Waals surface area contributed by atoms with E-state index >= 15 is 0 Å². The van der Waals surface area contributed by atoms with E-state index in [9.17, 15) is 26.4 Å². The SMILES string of the molecule is O=C1C[C@H](c2ccccc2)Oc2cccc(S(=O)(=O)C(F)(F)F)c21. The molecule has 0 saturated heterocycles. The molecule has 126 valence electrons. The molecule has 0 spiro atoms. The van der Waals surface area contributed by atoms with Gasteiger partial charge >= 0.3 is 5.51 Å². The van der Waals surface area contributed by atoms with E-state index < -0.39 is 37.7 Å². The molecule has 0 fully saturated rings. The fourth-order valence-electron chi connectivity index (χ4n) is 2.55. The summed E-state index contributed by atoms with van der Waals surface area (Å²) in [4.78, 5) is 11.3. The number of carbonyl (C=O) groups is 1. The first-order valence-electron chi connectivity index (χ1n) is 6.91. The zero-order valence-electron chi connectivity index (χ0n) is 12.1. The van der Waals surface area contributed by atoms with Crippen LogP contribution in [0.3, 0.4) is 0 Å². The molecule has 8 heteroatoms. The zero-order valence-corrected chi connectivity index (χ0v) is 12.9. The number of halogens is 3. The highest BCUT2D eigenvalue weighted by atomic mass is 32.2. The molecular formula is C16H11F3O4S. The van der Waals surface area contributed by atoms with Crippen molar-refractivity contribution in [2.24, 2.45) is 0 Å². The third-order valence-corrected chi connectivity index (χ3v) is 5.20. The third kappa shape index (κ3) is 2.66. The molecule has 1 atom stereocenters. The lowest BCUT2D eigenvalue weighted by Crippen LogP contribution is -2.28.